The van der Waals surface area contributed by atoms with Gasteiger partial charge in [-0.2, -0.15) is 0 Å². The Bertz CT molecular complexity index is 959. The first kappa shape index (κ1) is 21.8. The first-order chi connectivity index (χ1) is 14.5. The Morgan fingerprint density at radius 1 is 1.10 bits per heavy atom. The van der Waals surface area contributed by atoms with Crippen LogP contribution in [0.25, 0.3) is 0 Å². The largest absolute Gasteiger partial charge is 0.383 e. The SMILES string of the molecule is CCN(C(=O)C[NH+]1CCCCCCC1)c1c(N)n(Cc2ccccc2)c(=O)[nH]c1=O. The minimum atomic E-state index is -0.625. The molecule has 30 heavy (non-hydrogen) atoms. The van der Waals surface area contributed by atoms with Crippen molar-refractivity contribution in [3.05, 3.63) is 56.7 Å². The van der Waals surface area contributed by atoms with Gasteiger partial charge in [0.1, 0.15) is 5.82 Å². The van der Waals surface area contributed by atoms with Crippen molar-refractivity contribution in [2.75, 3.05) is 36.8 Å². The van der Waals surface area contributed by atoms with E-state index in [0.29, 0.717) is 13.1 Å². The normalized spacial score (nSPS) is 15.4. The fourth-order valence-electron chi connectivity index (χ4n) is 4.11. The van der Waals surface area contributed by atoms with Gasteiger partial charge in [0.25, 0.3) is 11.5 Å². The highest BCUT2D eigenvalue weighted by Gasteiger charge is 2.26. The number of carbonyl (C=O) groups excluding carboxylic acids is 1. The van der Waals surface area contributed by atoms with Crippen LogP contribution in [0, 0.1) is 0 Å². The molecule has 1 aromatic heterocycles. The van der Waals surface area contributed by atoms with Gasteiger partial charge in [0, 0.05) is 6.54 Å². The standard InChI is InChI=1S/C22H31N5O3/c1-2-26(18(28)16-25-13-9-4-3-5-10-14-25)19-20(23)27(22(30)24-21(19)29)15-17-11-7-6-8-12-17/h6-8,11-12H,2-5,9-10,13-16,23H2,1H3,(H,24,29,30)/p+1. The third-order valence-corrected chi connectivity index (χ3v) is 5.75. The second-order valence-corrected chi connectivity index (χ2v) is 7.90. The number of anilines is 2. The van der Waals surface area contributed by atoms with E-state index in [4.69, 9.17) is 5.73 Å². The van der Waals surface area contributed by atoms with Gasteiger partial charge in [-0.15, -0.1) is 0 Å². The Balaban J connectivity index is 1.87. The van der Waals surface area contributed by atoms with Gasteiger partial charge in [0.15, 0.2) is 12.2 Å². The molecule has 2 aromatic rings. The van der Waals surface area contributed by atoms with Crippen LogP contribution in [0.1, 0.15) is 44.6 Å². The first-order valence-corrected chi connectivity index (χ1v) is 10.8. The molecule has 1 aromatic carbocycles. The van der Waals surface area contributed by atoms with E-state index in [1.165, 1.54) is 33.6 Å². The summed E-state index contributed by atoms with van der Waals surface area (Å²) in [5, 5.41) is 0. The van der Waals surface area contributed by atoms with Crippen LogP contribution in [0.5, 0.6) is 0 Å². The first-order valence-electron chi connectivity index (χ1n) is 10.8. The van der Waals surface area contributed by atoms with E-state index < -0.39 is 11.2 Å². The van der Waals surface area contributed by atoms with Crippen LogP contribution >= 0.6 is 0 Å². The van der Waals surface area contributed by atoms with Crippen LogP contribution in [0.2, 0.25) is 0 Å². The lowest BCUT2D eigenvalue weighted by molar-refractivity contribution is -0.892. The van der Waals surface area contributed by atoms with E-state index in [1.807, 2.05) is 37.3 Å². The molecule has 0 unspecified atom stereocenters. The number of amides is 1. The van der Waals surface area contributed by atoms with Crippen molar-refractivity contribution in [1.82, 2.24) is 9.55 Å². The van der Waals surface area contributed by atoms with Crippen molar-refractivity contribution in [3.8, 4) is 0 Å². The van der Waals surface area contributed by atoms with E-state index in [2.05, 4.69) is 4.98 Å². The van der Waals surface area contributed by atoms with Crippen molar-refractivity contribution < 1.29 is 9.69 Å². The molecule has 4 N–H and O–H groups in total. The molecule has 0 atom stereocenters. The second-order valence-electron chi connectivity index (χ2n) is 7.90. The third-order valence-electron chi connectivity index (χ3n) is 5.75. The van der Waals surface area contributed by atoms with Gasteiger partial charge in [-0.1, -0.05) is 36.8 Å². The van der Waals surface area contributed by atoms with Gasteiger partial charge in [0.2, 0.25) is 0 Å². The number of H-pyrrole nitrogens is 1. The fraction of sp³-hybridized carbons (Fsp3) is 0.500. The zero-order chi connectivity index (χ0) is 21.5. The van der Waals surface area contributed by atoms with Crippen LogP contribution in [0.4, 0.5) is 11.5 Å². The number of hydrogen-bond donors (Lipinski definition) is 3. The summed E-state index contributed by atoms with van der Waals surface area (Å²) in [7, 11) is 0. The molecule has 162 valence electrons. The van der Waals surface area contributed by atoms with Gasteiger partial charge in [-0.25, -0.2) is 4.79 Å². The summed E-state index contributed by atoms with van der Waals surface area (Å²) in [4.78, 5) is 43.1. The molecular weight excluding hydrogens is 382 g/mol. The smallest absolute Gasteiger partial charge is 0.330 e. The fourth-order valence-corrected chi connectivity index (χ4v) is 4.11. The van der Waals surface area contributed by atoms with Gasteiger partial charge in [-0.05, 0) is 38.2 Å². The Morgan fingerprint density at radius 2 is 1.73 bits per heavy atom. The Kier molecular flexibility index (Phi) is 7.46. The predicted octanol–water partition coefficient (Wildman–Crippen LogP) is 0.369. The van der Waals surface area contributed by atoms with Crippen molar-refractivity contribution in [2.45, 2.75) is 45.6 Å². The summed E-state index contributed by atoms with van der Waals surface area (Å²) in [5.41, 5.74) is 6.00. The van der Waals surface area contributed by atoms with E-state index >= 15 is 0 Å². The number of nitrogens with one attached hydrogen (secondary N) is 2. The number of aromatic nitrogens is 2. The molecule has 8 nitrogen and oxygen atoms in total. The molecule has 1 fully saturated rings. The average Bonchev–Trinajstić information content (AvgIpc) is 2.71. The summed E-state index contributed by atoms with van der Waals surface area (Å²) in [6.45, 7) is 4.59. The molecule has 0 aliphatic carbocycles. The lowest BCUT2D eigenvalue weighted by Gasteiger charge is -2.26. The predicted molar refractivity (Wildman–Crippen MR) is 118 cm³/mol. The highest BCUT2D eigenvalue weighted by atomic mass is 16.2. The molecule has 1 saturated heterocycles. The van der Waals surface area contributed by atoms with Crippen LogP contribution in [0.3, 0.4) is 0 Å². The summed E-state index contributed by atoms with van der Waals surface area (Å²) in [5.74, 6) is -0.124. The number of likely N-dealkylation sites (tertiary alicyclic amines) is 1. The number of hydrogen-bond acceptors (Lipinski definition) is 4. The van der Waals surface area contributed by atoms with E-state index in [-0.39, 0.29) is 24.0 Å². The molecule has 1 aliphatic rings. The number of nitrogens with two attached hydrogens (primary N) is 1. The number of quaternary nitrogens is 1. The molecule has 0 saturated carbocycles. The minimum absolute atomic E-state index is 0.0190. The van der Waals surface area contributed by atoms with Crippen molar-refractivity contribution in [1.29, 1.82) is 0 Å². The maximum absolute atomic E-state index is 13.1. The highest BCUT2D eigenvalue weighted by molar-refractivity contribution is 5.96. The number of benzene rings is 1. The Morgan fingerprint density at radius 3 is 2.37 bits per heavy atom. The Labute approximate surface area is 176 Å². The van der Waals surface area contributed by atoms with Crippen molar-refractivity contribution in [2.24, 2.45) is 0 Å². The van der Waals surface area contributed by atoms with Gasteiger partial charge >= 0.3 is 5.69 Å². The molecular formula is C22H32N5O3+. The average molecular weight is 415 g/mol. The lowest BCUT2D eigenvalue weighted by Crippen LogP contribution is -3.13. The highest BCUT2D eigenvalue weighted by Crippen LogP contribution is 2.17. The maximum Gasteiger partial charge on any atom is 0.330 e. The van der Waals surface area contributed by atoms with Crippen molar-refractivity contribution in [3.63, 3.8) is 0 Å². The summed E-state index contributed by atoms with van der Waals surface area (Å²) >= 11 is 0. The van der Waals surface area contributed by atoms with E-state index in [0.717, 1.165) is 31.5 Å². The number of aromatic amines is 1. The molecule has 0 radical (unpaired) electrons. The molecule has 0 bridgehead atoms. The Hall–Kier alpha value is -2.87. The molecule has 8 heteroatoms. The number of carbonyl (C=O) groups is 1. The molecule has 2 heterocycles. The zero-order valence-electron chi connectivity index (χ0n) is 17.7. The molecule has 1 amide bonds. The monoisotopic (exact) mass is 414 g/mol. The van der Waals surface area contributed by atoms with E-state index in [9.17, 15) is 14.4 Å². The second kappa shape index (κ2) is 10.2. The van der Waals surface area contributed by atoms with Gasteiger partial charge < -0.3 is 10.6 Å². The van der Waals surface area contributed by atoms with E-state index in [1.54, 1.807) is 0 Å². The van der Waals surface area contributed by atoms with Crippen LogP contribution < -0.4 is 26.8 Å². The topological polar surface area (TPSA) is 106 Å². The molecule has 3 rings (SSSR count). The molecule has 1 aliphatic heterocycles. The number of likely N-dealkylation sites (N-methyl/N-ethyl adjacent to an activating group) is 1. The zero-order valence-corrected chi connectivity index (χ0v) is 17.7. The maximum atomic E-state index is 13.1. The lowest BCUT2D eigenvalue weighted by atomic mass is 10.1. The van der Waals surface area contributed by atoms with Crippen LogP contribution in [-0.2, 0) is 11.3 Å². The number of rotatable bonds is 6. The van der Waals surface area contributed by atoms with Crippen molar-refractivity contribution >= 4 is 17.4 Å². The quantitative estimate of drug-likeness (QED) is 0.635. The van der Waals surface area contributed by atoms with Crippen LogP contribution in [-0.4, -0.2) is 41.6 Å². The number of nitrogen functional groups attached to an aromatic ring is 1. The third kappa shape index (κ3) is 5.18. The number of nitrogens with zero attached hydrogens (tertiary/aromatic N) is 2. The minimum Gasteiger partial charge on any atom is -0.383 e. The summed E-state index contributed by atoms with van der Waals surface area (Å²) in [6, 6.07) is 9.39. The molecule has 0 spiro atoms. The van der Waals surface area contributed by atoms with Gasteiger partial charge in [0.05, 0.1) is 19.6 Å². The van der Waals surface area contributed by atoms with Crippen LogP contribution in [0.15, 0.2) is 39.9 Å². The summed E-state index contributed by atoms with van der Waals surface area (Å²) < 4.78 is 1.31. The summed E-state index contributed by atoms with van der Waals surface area (Å²) in [6.07, 6.45) is 5.88. The van der Waals surface area contributed by atoms with Gasteiger partial charge in [-0.3, -0.25) is 24.0 Å².